The molecule has 0 atom stereocenters. The zero-order valence-electron chi connectivity index (χ0n) is 13.6. The fraction of sp³-hybridized carbons (Fsp3) is 0.684. The van der Waals surface area contributed by atoms with E-state index in [-0.39, 0.29) is 0 Å². The Labute approximate surface area is 130 Å². The summed E-state index contributed by atoms with van der Waals surface area (Å²) in [4.78, 5) is 0. The number of hydrogen-bond acceptors (Lipinski definition) is 2. The maximum Gasteiger partial charge on any atom is 0.122 e. The molecule has 1 saturated heterocycles. The van der Waals surface area contributed by atoms with Crippen molar-refractivity contribution in [3.05, 3.63) is 29.8 Å². The molecule has 1 aliphatic heterocycles. The molecule has 2 heteroatoms. The zero-order chi connectivity index (χ0) is 14.8. The smallest absolute Gasteiger partial charge is 0.122 e. The van der Waals surface area contributed by atoms with Gasteiger partial charge in [-0.2, -0.15) is 0 Å². The van der Waals surface area contributed by atoms with Gasteiger partial charge in [0, 0.05) is 0 Å². The number of ether oxygens (including phenoxy) is 1. The Balaban J connectivity index is 1.74. The molecule has 0 aromatic heterocycles. The molecule has 0 saturated carbocycles. The average molecular weight is 289 g/mol. The molecule has 1 fully saturated rings. The van der Waals surface area contributed by atoms with Crippen molar-refractivity contribution in [3.63, 3.8) is 0 Å². The van der Waals surface area contributed by atoms with Gasteiger partial charge in [0.25, 0.3) is 0 Å². The van der Waals surface area contributed by atoms with E-state index in [1.165, 1.54) is 56.9 Å². The number of piperidine rings is 1. The molecule has 2 rings (SSSR count). The highest BCUT2D eigenvalue weighted by atomic mass is 16.5. The fourth-order valence-electron chi connectivity index (χ4n) is 3.15. The summed E-state index contributed by atoms with van der Waals surface area (Å²) in [6.07, 6.45) is 10.4. The predicted molar refractivity (Wildman–Crippen MR) is 90.2 cm³/mol. The van der Waals surface area contributed by atoms with E-state index in [1.807, 2.05) is 0 Å². The van der Waals surface area contributed by atoms with Crippen molar-refractivity contribution in [1.82, 2.24) is 5.32 Å². The minimum Gasteiger partial charge on any atom is -0.493 e. The predicted octanol–water partition coefficient (Wildman–Crippen LogP) is 4.89. The lowest BCUT2D eigenvalue weighted by atomic mass is 9.89. The Hall–Kier alpha value is -1.02. The van der Waals surface area contributed by atoms with Gasteiger partial charge in [-0.25, -0.2) is 0 Å². The van der Waals surface area contributed by atoms with Gasteiger partial charge in [0.05, 0.1) is 6.61 Å². The lowest BCUT2D eigenvalue weighted by molar-refractivity contribution is 0.297. The zero-order valence-corrected chi connectivity index (χ0v) is 13.6. The van der Waals surface area contributed by atoms with Gasteiger partial charge in [0.15, 0.2) is 0 Å². The highest BCUT2D eigenvalue weighted by molar-refractivity contribution is 5.36. The van der Waals surface area contributed by atoms with E-state index in [0.29, 0.717) is 5.92 Å². The first kappa shape index (κ1) is 16.4. The number of rotatable bonds is 9. The largest absolute Gasteiger partial charge is 0.493 e. The van der Waals surface area contributed by atoms with Crippen LogP contribution in [0.3, 0.4) is 0 Å². The monoisotopic (exact) mass is 289 g/mol. The SMILES string of the molecule is CCCCCCCCOc1ccccc1C1CCNCC1. The third-order valence-corrected chi connectivity index (χ3v) is 4.45. The van der Waals surface area contributed by atoms with Crippen LogP contribution in [-0.2, 0) is 0 Å². The number of hydrogen-bond donors (Lipinski definition) is 1. The third kappa shape index (κ3) is 5.70. The molecular weight excluding hydrogens is 258 g/mol. The highest BCUT2D eigenvalue weighted by Gasteiger charge is 2.18. The fourth-order valence-corrected chi connectivity index (χ4v) is 3.15. The standard InChI is InChI=1S/C19H31NO/c1-2-3-4-5-6-9-16-21-19-11-8-7-10-18(19)17-12-14-20-15-13-17/h7-8,10-11,17,20H,2-6,9,12-16H2,1H3. The van der Waals surface area contributed by atoms with Crippen LogP contribution < -0.4 is 10.1 Å². The third-order valence-electron chi connectivity index (χ3n) is 4.45. The van der Waals surface area contributed by atoms with Crippen molar-refractivity contribution in [2.24, 2.45) is 0 Å². The molecular formula is C19H31NO. The van der Waals surface area contributed by atoms with Crippen LogP contribution in [0.5, 0.6) is 5.75 Å². The minimum absolute atomic E-state index is 0.673. The van der Waals surface area contributed by atoms with Crippen LogP contribution in [0.2, 0.25) is 0 Å². The molecule has 2 nitrogen and oxygen atoms in total. The second-order valence-electron chi connectivity index (χ2n) is 6.18. The topological polar surface area (TPSA) is 21.3 Å². The Morgan fingerprint density at radius 2 is 1.71 bits per heavy atom. The molecule has 1 aliphatic rings. The van der Waals surface area contributed by atoms with Crippen molar-refractivity contribution in [1.29, 1.82) is 0 Å². The summed E-state index contributed by atoms with van der Waals surface area (Å²) < 4.78 is 6.08. The van der Waals surface area contributed by atoms with Crippen molar-refractivity contribution in [2.75, 3.05) is 19.7 Å². The molecule has 0 aliphatic carbocycles. The van der Waals surface area contributed by atoms with Crippen molar-refractivity contribution in [2.45, 2.75) is 64.2 Å². The number of nitrogens with one attached hydrogen (secondary N) is 1. The van der Waals surface area contributed by atoms with Crippen LogP contribution in [0, 0.1) is 0 Å². The summed E-state index contributed by atoms with van der Waals surface area (Å²) in [5, 5.41) is 3.44. The number of para-hydroxylation sites is 1. The Bertz CT molecular complexity index is 385. The second-order valence-corrected chi connectivity index (χ2v) is 6.18. The van der Waals surface area contributed by atoms with Gasteiger partial charge >= 0.3 is 0 Å². The minimum atomic E-state index is 0.673. The molecule has 0 radical (unpaired) electrons. The molecule has 118 valence electrons. The quantitative estimate of drug-likeness (QED) is 0.653. The van der Waals surface area contributed by atoms with Crippen LogP contribution in [0.25, 0.3) is 0 Å². The van der Waals surface area contributed by atoms with E-state index < -0.39 is 0 Å². The molecule has 1 heterocycles. The first-order valence-corrected chi connectivity index (χ1v) is 8.84. The van der Waals surface area contributed by atoms with E-state index in [0.717, 1.165) is 25.4 Å². The van der Waals surface area contributed by atoms with Gasteiger partial charge in [0.2, 0.25) is 0 Å². The molecule has 1 aromatic carbocycles. The van der Waals surface area contributed by atoms with Gasteiger partial charge in [-0.3, -0.25) is 0 Å². The van der Waals surface area contributed by atoms with Crippen molar-refractivity contribution in [3.8, 4) is 5.75 Å². The van der Waals surface area contributed by atoms with Gasteiger partial charge in [-0.15, -0.1) is 0 Å². The van der Waals surface area contributed by atoms with Crippen LogP contribution in [0.1, 0.15) is 69.8 Å². The molecule has 0 unspecified atom stereocenters. The van der Waals surface area contributed by atoms with E-state index >= 15 is 0 Å². The molecule has 1 N–H and O–H groups in total. The lowest BCUT2D eigenvalue weighted by Crippen LogP contribution is -2.26. The van der Waals surface area contributed by atoms with Crippen molar-refractivity contribution >= 4 is 0 Å². The Morgan fingerprint density at radius 1 is 1.00 bits per heavy atom. The highest BCUT2D eigenvalue weighted by Crippen LogP contribution is 2.32. The normalized spacial score (nSPS) is 16.0. The summed E-state index contributed by atoms with van der Waals surface area (Å²) >= 11 is 0. The summed E-state index contributed by atoms with van der Waals surface area (Å²) in [7, 11) is 0. The van der Waals surface area contributed by atoms with E-state index in [9.17, 15) is 0 Å². The van der Waals surface area contributed by atoms with Crippen LogP contribution in [0.4, 0.5) is 0 Å². The Morgan fingerprint density at radius 3 is 2.52 bits per heavy atom. The van der Waals surface area contributed by atoms with E-state index in [2.05, 4.69) is 36.5 Å². The van der Waals surface area contributed by atoms with Crippen LogP contribution in [0.15, 0.2) is 24.3 Å². The summed E-state index contributed by atoms with van der Waals surface area (Å²) in [5.41, 5.74) is 1.42. The molecule has 1 aromatic rings. The first-order valence-electron chi connectivity index (χ1n) is 8.84. The molecule has 21 heavy (non-hydrogen) atoms. The molecule has 0 amide bonds. The van der Waals surface area contributed by atoms with Crippen LogP contribution in [-0.4, -0.2) is 19.7 Å². The number of unbranched alkanes of at least 4 members (excludes halogenated alkanes) is 5. The maximum atomic E-state index is 6.08. The van der Waals surface area contributed by atoms with Gasteiger partial charge in [-0.1, -0.05) is 57.2 Å². The van der Waals surface area contributed by atoms with Gasteiger partial charge in [0.1, 0.15) is 5.75 Å². The average Bonchev–Trinajstić information content (AvgIpc) is 2.55. The van der Waals surface area contributed by atoms with Gasteiger partial charge < -0.3 is 10.1 Å². The number of benzene rings is 1. The second kappa shape index (κ2) is 9.83. The van der Waals surface area contributed by atoms with Crippen molar-refractivity contribution < 1.29 is 4.74 Å². The van der Waals surface area contributed by atoms with Crippen LogP contribution >= 0.6 is 0 Å². The summed E-state index contributed by atoms with van der Waals surface area (Å²) in [6.45, 7) is 5.40. The first-order chi connectivity index (χ1) is 10.4. The van der Waals surface area contributed by atoms with E-state index in [4.69, 9.17) is 4.74 Å². The maximum absolute atomic E-state index is 6.08. The van der Waals surface area contributed by atoms with Gasteiger partial charge in [-0.05, 0) is 49.9 Å². The molecule has 0 bridgehead atoms. The van der Waals surface area contributed by atoms with E-state index in [1.54, 1.807) is 0 Å². The molecule has 0 spiro atoms. The Kier molecular flexibility index (Phi) is 7.66. The summed E-state index contributed by atoms with van der Waals surface area (Å²) in [6, 6.07) is 8.65. The lowest BCUT2D eigenvalue weighted by Gasteiger charge is -2.25. The summed E-state index contributed by atoms with van der Waals surface area (Å²) in [5.74, 6) is 1.80.